The van der Waals surface area contributed by atoms with Gasteiger partial charge >= 0.3 is 0 Å². The molecule has 0 aliphatic carbocycles. The van der Waals surface area contributed by atoms with Crippen molar-refractivity contribution in [3.05, 3.63) is 11.9 Å². The van der Waals surface area contributed by atoms with Crippen molar-refractivity contribution in [1.29, 1.82) is 0 Å². The zero-order valence-corrected chi connectivity index (χ0v) is 10.2. The second kappa shape index (κ2) is 6.27. The van der Waals surface area contributed by atoms with Crippen molar-refractivity contribution in [2.75, 3.05) is 19.0 Å². The summed E-state index contributed by atoms with van der Waals surface area (Å²) in [6, 6.07) is 2.15. The number of aromatic nitrogens is 2. The lowest BCUT2D eigenvalue weighted by atomic mass is 10.2. The van der Waals surface area contributed by atoms with Crippen LogP contribution in [0.2, 0.25) is 0 Å². The van der Waals surface area contributed by atoms with Gasteiger partial charge in [0.05, 0.1) is 7.11 Å². The Morgan fingerprint density at radius 1 is 1.50 bits per heavy atom. The third-order valence-corrected chi connectivity index (χ3v) is 2.26. The van der Waals surface area contributed by atoms with Gasteiger partial charge in [-0.25, -0.2) is 4.98 Å². The molecule has 90 valence electrons. The molecule has 1 aromatic rings. The predicted octanol–water partition coefficient (Wildman–Crippen LogP) is 1.33. The third kappa shape index (κ3) is 4.02. The largest absolute Gasteiger partial charge is 0.481 e. The van der Waals surface area contributed by atoms with Crippen LogP contribution in [0.5, 0.6) is 5.88 Å². The summed E-state index contributed by atoms with van der Waals surface area (Å²) in [5.74, 6) is 2.09. The Labute approximate surface area is 96.4 Å². The molecule has 0 radical (unpaired) electrons. The van der Waals surface area contributed by atoms with Crippen molar-refractivity contribution in [3.63, 3.8) is 0 Å². The Hall–Kier alpha value is -1.36. The lowest BCUT2D eigenvalue weighted by Crippen LogP contribution is -2.18. The molecule has 0 aromatic carbocycles. The molecule has 5 nitrogen and oxygen atoms in total. The van der Waals surface area contributed by atoms with E-state index in [2.05, 4.69) is 22.2 Å². The highest BCUT2D eigenvalue weighted by Crippen LogP contribution is 2.14. The SMILES string of the molecule is COc1cc(NC(C)CCCN)nc(C)n1. The van der Waals surface area contributed by atoms with Crippen LogP contribution in [0.3, 0.4) is 0 Å². The fourth-order valence-corrected chi connectivity index (χ4v) is 1.47. The summed E-state index contributed by atoms with van der Waals surface area (Å²) >= 11 is 0. The molecule has 1 unspecified atom stereocenters. The van der Waals surface area contributed by atoms with Crippen LogP contribution in [-0.2, 0) is 0 Å². The number of rotatable bonds is 6. The van der Waals surface area contributed by atoms with Crippen molar-refractivity contribution >= 4 is 5.82 Å². The van der Waals surface area contributed by atoms with Crippen LogP contribution in [0, 0.1) is 6.92 Å². The number of anilines is 1. The molecule has 0 spiro atoms. The summed E-state index contributed by atoms with van der Waals surface area (Å²) < 4.78 is 5.09. The van der Waals surface area contributed by atoms with E-state index in [4.69, 9.17) is 10.5 Å². The molecule has 0 saturated heterocycles. The van der Waals surface area contributed by atoms with E-state index in [1.807, 2.05) is 6.92 Å². The first kappa shape index (κ1) is 12.7. The fourth-order valence-electron chi connectivity index (χ4n) is 1.47. The van der Waals surface area contributed by atoms with Gasteiger partial charge in [-0.2, -0.15) is 4.98 Å². The minimum absolute atomic E-state index is 0.350. The van der Waals surface area contributed by atoms with E-state index >= 15 is 0 Å². The molecular weight excluding hydrogens is 204 g/mol. The number of nitrogens with two attached hydrogens (primary N) is 1. The zero-order valence-electron chi connectivity index (χ0n) is 10.2. The second-order valence-corrected chi connectivity index (χ2v) is 3.82. The first-order valence-corrected chi connectivity index (χ1v) is 5.52. The summed E-state index contributed by atoms with van der Waals surface area (Å²) in [6.45, 7) is 4.68. The van der Waals surface area contributed by atoms with Crippen LogP contribution in [0.15, 0.2) is 6.07 Å². The summed E-state index contributed by atoms with van der Waals surface area (Å²) in [7, 11) is 1.60. The highest BCUT2D eigenvalue weighted by Gasteiger charge is 2.05. The lowest BCUT2D eigenvalue weighted by Gasteiger charge is -2.14. The molecule has 3 N–H and O–H groups in total. The van der Waals surface area contributed by atoms with Crippen LogP contribution in [0.4, 0.5) is 5.82 Å². The Morgan fingerprint density at radius 3 is 2.88 bits per heavy atom. The van der Waals surface area contributed by atoms with E-state index in [1.54, 1.807) is 13.2 Å². The third-order valence-electron chi connectivity index (χ3n) is 2.26. The van der Waals surface area contributed by atoms with E-state index in [0.717, 1.165) is 25.2 Å². The average molecular weight is 224 g/mol. The van der Waals surface area contributed by atoms with E-state index in [1.165, 1.54) is 0 Å². The molecule has 1 aromatic heterocycles. The van der Waals surface area contributed by atoms with Gasteiger partial charge in [-0.3, -0.25) is 0 Å². The monoisotopic (exact) mass is 224 g/mol. The van der Waals surface area contributed by atoms with E-state index in [0.29, 0.717) is 17.7 Å². The van der Waals surface area contributed by atoms with Crippen molar-refractivity contribution in [1.82, 2.24) is 9.97 Å². The topological polar surface area (TPSA) is 73.1 Å². The first-order valence-electron chi connectivity index (χ1n) is 5.52. The number of aryl methyl sites for hydroxylation is 1. The van der Waals surface area contributed by atoms with Gasteiger partial charge in [0.15, 0.2) is 0 Å². The van der Waals surface area contributed by atoms with Crippen molar-refractivity contribution in [2.45, 2.75) is 32.7 Å². The molecule has 0 aliphatic rings. The van der Waals surface area contributed by atoms with Gasteiger partial charge < -0.3 is 15.8 Å². The molecule has 1 atom stereocenters. The minimum atomic E-state index is 0.350. The smallest absolute Gasteiger partial charge is 0.218 e. The van der Waals surface area contributed by atoms with Gasteiger partial charge in [0, 0.05) is 12.1 Å². The molecule has 5 heteroatoms. The molecular formula is C11H20N4O. The second-order valence-electron chi connectivity index (χ2n) is 3.82. The Kier molecular flexibility index (Phi) is 4.98. The van der Waals surface area contributed by atoms with Crippen molar-refractivity contribution < 1.29 is 4.74 Å². The van der Waals surface area contributed by atoms with Gasteiger partial charge in [0.2, 0.25) is 5.88 Å². The molecule has 0 aliphatic heterocycles. The van der Waals surface area contributed by atoms with Gasteiger partial charge in [-0.1, -0.05) is 0 Å². The van der Waals surface area contributed by atoms with Crippen molar-refractivity contribution in [2.24, 2.45) is 5.73 Å². The maximum atomic E-state index is 5.47. The normalized spacial score (nSPS) is 12.2. The molecule has 0 saturated carbocycles. The predicted molar refractivity (Wildman–Crippen MR) is 64.7 cm³/mol. The number of hydrogen-bond acceptors (Lipinski definition) is 5. The minimum Gasteiger partial charge on any atom is -0.481 e. The molecule has 0 amide bonds. The fraction of sp³-hybridized carbons (Fsp3) is 0.636. The maximum absolute atomic E-state index is 5.47. The number of nitrogens with one attached hydrogen (secondary N) is 1. The van der Waals surface area contributed by atoms with Crippen molar-refractivity contribution in [3.8, 4) is 5.88 Å². The summed E-state index contributed by atoms with van der Waals surface area (Å²) in [6.07, 6.45) is 2.04. The number of methoxy groups -OCH3 is 1. The molecule has 1 rings (SSSR count). The lowest BCUT2D eigenvalue weighted by molar-refractivity contribution is 0.396. The molecule has 0 fully saturated rings. The van der Waals surface area contributed by atoms with Crippen LogP contribution < -0.4 is 15.8 Å². The zero-order chi connectivity index (χ0) is 12.0. The standard InChI is InChI=1S/C11H20N4O/c1-8(5-4-6-12)13-10-7-11(16-3)15-9(2)14-10/h7-8H,4-6,12H2,1-3H3,(H,13,14,15). The number of nitrogens with zero attached hydrogens (tertiary/aromatic N) is 2. The van der Waals surface area contributed by atoms with Crippen LogP contribution in [0.1, 0.15) is 25.6 Å². The number of hydrogen-bond donors (Lipinski definition) is 2. The summed E-state index contributed by atoms with van der Waals surface area (Å²) in [5, 5.41) is 3.31. The molecule has 16 heavy (non-hydrogen) atoms. The quantitative estimate of drug-likeness (QED) is 0.762. The highest BCUT2D eigenvalue weighted by atomic mass is 16.5. The van der Waals surface area contributed by atoms with Gasteiger partial charge in [-0.15, -0.1) is 0 Å². The van der Waals surface area contributed by atoms with E-state index < -0.39 is 0 Å². The van der Waals surface area contributed by atoms with Gasteiger partial charge in [-0.05, 0) is 33.2 Å². The van der Waals surface area contributed by atoms with Gasteiger partial charge in [0.25, 0.3) is 0 Å². The van der Waals surface area contributed by atoms with E-state index in [-0.39, 0.29) is 0 Å². The Balaban J connectivity index is 2.61. The first-order chi connectivity index (χ1) is 7.65. The maximum Gasteiger partial charge on any atom is 0.218 e. The summed E-state index contributed by atoms with van der Waals surface area (Å²) in [5.41, 5.74) is 5.47. The Bertz CT molecular complexity index is 330. The molecule has 1 heterocycles. The number of ether oxygens (including phenoxy) is 1. The van der Waals surface area contributed by atoms with Crippen LogP contribution in [0.25, 0.3) is 0 Å². The van der Waals surface area contributed by atoms with Gasteiger partial charge in [0.1, 0.15) is 11.6 Å². The van der Waals surface area contributed by atoms with Crippen LogP contribution in [-0.4, -0.2) is 29.7 Å². The highest BCUT2D eigenvalue weighted by molar-refractivity contribution is 5.39. The summed E-state index contributed by atoms with van der Waals surface area (Å²) in [4.78, 5) is 8.42. The van der Waals surface area contributed by atoms with Crippen LogP contribution >= 0.6 is 0 Å². The van der Waals surface area contributed by atoms with E-state index in [9.17, 15) is 0 Å². The average Bonchev–Trinajstić information content (AvgIpc) is 2.25. The molecule has 0 bridgehead atoms. The Morgan fingerprint density at radius 2 is 2.25 bits per heavy atom.